The number of likely N-dealkylation sites (tertiary alicyclic amines) is 1. The summed E-state index contributed by atoms with van der Waals surface area (Å²) in [7, 11) is 0. The number of nitrogens with zero attached hydrogens (tertiary/aromatic N) is 3. The van der Waals surface area contributed by atoms with Crippen molar-refractivity contribution < 1.29 is 31.9 Å². The van der Waals surface area contributed by atoms with Gasteiger partial charge in [0.15, 0.2) is 5.69 Å². The van der Waals surface area contributed by atoms with Crippen molar-refractivity contribution in [3.05, 3.63) is 52.1 Å². The topological polar surface area (TPSA) is 78.5 Å². The molecular weight excluding hydrogens is 468 g/mol. The van der Waals surface area contributed by atoms with Gasteiger partial charge in [-0.05, 0) is 63.3 Å². The van der Waals surface area contributed by atoms with E-state index < -0.39 is 35.2 Å². The number of hydrogen-bond acceptors (Lipinski definition) is 4. The van der Waals surface area contributed by atoms with E-state index in [4.69, 9.17) is 4.74 Å². The monoisotopic (exact) mass is 496 g/mol. The predicted molar refractivity (Wildman–Crippen MR) is 118 cm³/mol. The zero-order chi connectivity index (χ0) is 25.5. The average molecular weight is 497 g/mol. The highest BCUT2D eigenvalue weighted by molar-refractivity contribution is 5.94. The Kier molecular flexibility index (Phi) is 6.54. The third-order valence-corrected chi connectivity index (χ3v) is 6.33. The maximum atomic E-state index is 13.7. The normalized spacial score (nSPS) is 17.3. The van der Waals surface area contributed by atoms with Crippen LogP contribution >= 0.6 is 0 Å². The van der Waals surface area contributed by atoms with Crippen LogP contribution in [0.5, 0.6) is 0 Å². The van der Waals surface area contributed by atoms with Crippen LogP contribution in [0.15, 0.2) is 18.2 Å². The molecule has 2 aliphatic rings. The highest BCUT2D eigenvalue weighted by Gasteiger charge is 2.37. The first-order valence-corrected chi connectivity index (χ1v) is 11.5. The molecule has 1 fully saturated rings. The number of amides is 2. The number of aromatic nitrogens is 2. The summed E-state index contributed by atoms with van der Waals surface area (Å²) in [6.45, 7) is 6.37. The quantitative estimate of drug-likeness (QED) is 0.601. The Morgan fingerprint density at radius 2 is 1.77 bits per heavy atom. The van der Waals surface area contributed by atoms with E-state index >= 15 is 0 Å². The Morgan fingerprint density at radius 3 is 2.40 bits per heavy atom. The minimum absolute atomic E-state index is 0.0743. The molecule has 0 spiro atoms. The fraction of sp³-hybridized carbons (Fsp3) is 0.542. The van der Waals surface area contributed by atoms with Crippen LogP contribution in [0.25, 0.3) is 0 Å². The molecular formula is C24H28F4N4O3. The van der Waals surface area contributed by atoms with Crippen LogP contribution in [0.4, 0.5) is 22.4 Å². The number of H-pyrrole nitrogens is 1. The van der Waals surface area contributed by atoms with Crippen LogP contribution in [0.2, 0.25) is 0 Å². The van der Waals surface area contributed by atoms with Crippen LogP contribution < -0.4 is 0 Å². The number of carbonyl (C=O) groups is 2. The van der Waals surface area contributed by atoms with E-state index in [0.29, 0.717) is 18.5 Å². The summed E-state index contributed by atoms with van der Waals surface area (Å²) < 4.78 is 59.5. The number of alkyl halides is 3. The van der Waals surface area contributed by atoms with Crippen molar-refractivity contribution in [3.63, 3.8) is 0 Å². The van der Waals surface area contributed by atoms with E-state index in [-0.39, 0.29) is 49.6 Å². The molecule has 0 radical (unpaired) electrons. The lowest BCUT2D eigenvalue weighted by Gasteiger charge is -2.33. The number of nitrogens with one attached hydrogen (secondary N) is 1. The van der Waals surface area contributed by atoms with Gasteiger partial charge < -0.3 is 14.5 Å². The molecule has 11 heteroatoms. The maximum absolute atomic E-state index is 13.7. The molecule has 3 heterocycles. The van der Waals surface area contributed by atoms with Crippen molar-refractivity contribution >= 4 is 12.0 Å². The van der Waals surface area contributed by atoms with Gasteiger partial charge in [0, 0.05) is 37.3 Å². The summed E-state index contributed by atoms with van der Waals surface area (Å²) in [5, 5.41) is 7.06. The number of hydrogen-bond donors (Lipinski definition) is 1. The molecule has 7 nitrogen and oxygen atoms in total. The molecule has 0 bridgehead atoms. The van der Waals surface area contributed by atoms with Crippen LogP contribution in [0.3, 0.4) is 0 Å². The predicted octanol–water partition coefficient (Wildman–Crippen LogP) is 4.88. The second-order valence-electron chi connectivity index (χ2n) is 9.98. The molecule has 1 N–H and O–H groups in total. The molecule has 0 unspecified atom stereocenters. The van der Waals surface area contributed by atoms with Gasteiger partial charge in [-0.1, -0.05) is 0 Å². The number of fused-ring (bicyclic) bond motifs is 1. The summed E-state index contributed by atoms with van der Waals surface area (Å²) in [5.41, 5.74) is 0.0385. The van der Waals surface area contributed by atoms with Gasteiger partial charge in [0.25, 0.3) is 5.91 Å². The summed E-state index contributed by atoms with van der Waals surface area (Å²) >= 11 is 0. The van der Waals surface area contributed by atoms with Crippen molar-refractivity contribution in [1.29, 1.82) is 0 Å². The number of piperidine rings is 1. The standard InChI is InChI=1S/C24H28F4N4O3/c1-23(2,3)35-22(34)32-11-8-19-17(13-32)20(30-29-19)21(33)31-9-6-14(7-10-31)16-12-15(25)4-5-18(16)24(26,27)28/h4-5,12,14H,6-11,13H2,1-3H3,(H,29,30). The first-order valence-electron chi connectivity index (χ1n) is 11.5. The van der Waals surface area contributed by atoms with Crippen molar-refractivity contribution in [2.45, 2.75) is 64.3 Å². The number of ether oxygens (including phenoxy) is 1. The van der Waals surface area contributed by atoms with Crippen molar-refractivity contribution in [3.8, 4) is 0 Å². The molecule has 0 saturated carbocycles. The number of rotatable bonds is 2. The smallest absolute Gasteiger partial charge is 0.416 e. The minimum Gasteiger partial charge on any atom is -0.444 e. The third kappa shape index (κ3) is 5.43. The van der Waals surface area contributed by atoms with Crippen LogP contribution in [0, 0.1) is 5.82 Å². The molecule has 190 valence electrons. The largest absolute Gasteiger partial charge is 0.444 e. The summed E-state index contributed by atoms with van der Waals surface area (Å²) in [4.78, 5) is 28.8. The fourth-order valence-corrected chi connectivity index (χ4v) is 4.63. The Hall–Kier alpha value is -3.11. The van der Waals surface area contributed by atoms with Gasteiger partial charge in [0.1, 0.15) is 11.4 Å². The highest BCUT2D eigenvalue weighted by Crippen LogP contribution is 2.39. The number of halogens is 4. The third-order valence-electron chi connectivity index (χ3n) is 6.33. The van der Waals surface area contributed by atoms with E-state index in [2.05, 4.69) is 10.2 Å². The zero-order valence-electron chi connectivity index (χ0n) is 19.8. The maximum Gasteiger partial charge on any atom is 0.416 e. The molecule has 2 amide bonds. The van der Waals surface area contributed by atoms with Crippen LogP contribution in [-0.4, -0.2) is 57.2 Å². The summed E-state index contributed by atoms with van der Waals surface area (Å²) in [6.07, 6.45) is -4.01. The van der Waals surface area contributed by atoms with E-state index in [1.165, 1.54) is 4.90 Å². The van der Waals surface area contributed by atoms with Crippen molar-refractivity contribution in [1.82, 2.24) is 20.0 Å². The first kappa shape index (κ1) is 25.0. The van der Waals surface area contributed by atoms with E-state index in [9.17, 15) is 27.2 Å². The second-order valence-corrected chi connectivity index (χ2v) is 9.98. The van der Waals surface area contributed by atoms with Crippen LogP contribution in [0.1, 0.15) is 72.4 Å². The van der Waals surface area contributed by atoms with E-state index in [1.807, 2.05) is 0 Å². The Balaban J connectivity index is 1.45. The van der Waals surface area contributed by atoms with Crippen LogP contribution in [-0.2, 0) is 23.9 Å². The van der Waals surface area contributed by atoms with Crippen molar-refractivity contribution in [2.75, 3.05) is 19.6 Å². The Bertz CT molecular complexity index is 1110. The molecule has 0 atom stereocenters. The molecule has 1 saturated heterocycles. The fourth-order valence-electron chi connectivity index (χ4n) is 4.63. The van der Waals surface area contributed by atoms with E-state index in [0.717, 1.165) is 23.9 Å². The number of carbonyl (C=O) groups excluding carboxylic acids is 2. The van der Waals surface area contributed by atoms with Gasteiger partial charge in [-0.15, -0.1) is 0 Å². The molecule has 4 rings (SSSR count). The lowest BCUT2D eigenvalue weighted by Crippen LogP contribution is -2.41. The second kappa shape index (κ2) is 9.16. The Morgan fingerprint density at radius 1 is 1.09 bits per heavy atom. The van der Waals surface area contributed by atoms with Gasteiger partial charge in [0.2, 0.25) is 0 Å². The molecule has 0 aliphatic carbocycles. The SMILES string of the molecule is CC(C)(C)OC(=O)N1CCc2[nH]nc(C(=O)N3CCC(c4cc(F)ccc4C(F)(F)F)CC3)c2C1. The Labute approximate surface area is 200 Å². The lowest BCUT2D eigenvalue weighted by molar-refractivity contribution is -0.138. The molecule has 35 heavy (non-hydrogen) atoms. The molecule has 2 aromatic rings. The van der Waals surface area contributed by atoms with Gasteiger partial charge >= 0.3 is 12.3 Å². The van der Waals surface area contributed by atoms with Gasteiger partial charge in [-0.2, -0.15) is 18.3 Å². The number of benzene rings is 1. The summed E-state index contributed by atoms with van der Waals surface area (Å²) in [5.74, 6) is -1.58. The van der Waals surface area contributed by atoms with Crippen molar-refractivity contribution in [2.24, 2.45) is 0 Å². The van der Waals surface area contributed by atoms with Gasteiger partial charge in [0.05, 0.1) is 12.1 Å². The van der Waals surface area contributed by atoms with Gasteiger partial charge in [-0.25, -0.2) is 9.18 Å². The average Bonchev–Trinajstić information content (AvgIpc) is 3.20. The minimum atomic E-state index is -4.58. The number of aromatic amines is 1. The first-order chi connectivity index (χ1) is 16.3. The van der Waals surface area contributed by atoms with E-state index in [1.54, 1.807) is 25.7 Å². The summed E-state index contributed by atoms with van der Waals surface area (Å²) in [6, 6.07) is 2.53. The molecule has 1 aromatic carbocycles. The highest BCUT2D eigenvalue weighted by atomic mass is 19.4. The lowest BCUT2D eigenvalue weighted by atomic mass is 9.86. The molecule has 1 aromatic heterocycles. The molecule has 2 aliphatic heterocycles. The van der Waals surface area contributed by atoms with Gasteiger partial charge in [-0.3, -0.25) is 9.89 Å². The zero-order valence-corrected chi connectivity index (χ0v) is 19.8.